The van der Waals surface area contributed by atoms with Crippen LogP contribution in [0.3, 0.4) is 0 Å². The number of amides is 2. The first kappa shape index (κ1) is 23.8. The molecule has 0 aliphatic rings. The molecule has 0 spiro atoms. The molecule has 0 aliphatic carbocycles. The number of nitrogens with one attached hydrogen (secondary N) is 1. The van der Waals surface area contributed by atoms with E-state index in [9.17, 15) is 9.59 Å². The Balaban J connectivity index is 1.69. The second kappa shape index (κ2) is 11.7. The standard InChI is InChI=1S/C26H28N2O5/c1-33-24-6-4-5-22(17-24)20-11-13-23(14-12-20)27-26(32)28(15-2-3-16-29)18-19-7-9-21(10-8-19)25(30)31/h4-14,17,29H,2-3,15-16,18H2,1H3,(H,27,32)(H,30,31). The Labute approximate surface area is 193 Å². The van der Waals surface area contributed by atoms with E-state index in [4.69, 9.17) is 14.9 Å². The quantitative estimate of drug-likeness (QED) is 0.385. The van der Waals surface area contributed by atoms with E-state index in [1.54, 1.807) is 24.1 Å². The van der Waals surface area contributed by atoms with Gasteiger partial charge in [-0.15, -0.1) is 0 Å². The number of rotatable bonds is 10. The lowest BCUT2D eigenvalue weighted by Gasteiger charge is -2.23. The Hall–Kier alpha value is -3.84. The van der Waals surface area contributed by atoms with Crippen molar-refractivity contribution in [1.29, 1.82) is 0 Å². The lowest BCUT2D eigenvalue weighted by molar-refractivity contribution is 0.0696. The molecule has 3 aromatic carbocycles. The van der Waals surface area contributed by atoms with Gasteiger partial charge < -0.3 is 25.2 Å². The molecule has 0 saturated heterocycles. The summed E-state index contributed by atoms with van der Waals surface area (Å²) in [6.07, 6.45) is 1.25. The van der Waals surface area contributed by atoms with Crippen molar-refractivity contribution in [1.82, 2.24) is 4.90 Å². The van der Waals surface area contributed by atoms with Crippen LogP contribution in [0, 0.1) is 0 Å². The van der Waals surface area contributed by atoms with Crippen molar-refractivity contribution in [3.63, 3.8) is 0 Å². The number of aromatic carboxylic acids is 1. The van der Waals surface area contributed by atoms with Crippen molar-refractivity contribution >= 4 is 17.7 Å². The number of carbonyl (C=O) groups is 2. The van der Waals surface area contributed by atoms with Gasteiger partial charge in [-0.3, -0.25) is 0 Å². The number of hydrogen-bond donors (Lipinski definition) is 3. The number of carboxylic acid groups (broad SMARTS) is 1. The minimum Gasteiger partial charge on any atom is -0.497 e. The molecule has 33 heavy (non-hydrogen) atoms. The predicted octanol–water partition coefficient (Wildman–Crippen LogP) is 4.87. The van der Waals surface area contributed by atoms with Gasteiger partial charge in [-0.1, -0.05) is 36.4 Å². The van der Waals surface area contributed by atoms with E-state index < -0.39 is 5.97 Å². The second-order valence-electron chi connectivity index (χ2n) is 7.59. The number of methoxy groups -OCH3 is 1. The first-order chi connectivity index (χ1) is 16.0. The summed E-state index contributed by atoms with van der Waals surface area (Å²) in [5, 5.41) is 21.1. The van der Waals surface area contributed by atoms with Gasteiger partial charge in [0.1, 0.15) is 5.75 Å². The number of hydrogen-bond acceptors (Lipinski definition) is 4. The van der Waals surface area contributed by atoms with Gasteiger partial charge in [0, 0.05) is 25.4 Å². The molecular formula is C26H28N2O5. The van der Waals surface area contributed by atoms with E-state index in [0.29, 0.717) is 31.6 Å². The van der Waals surface area contributed by atoms with Crippen LogP contribution in [-0.2, 0) is 6.54 Å². The molecular weight excluding hydrogens is 420 g/mol. The van der Waals surface area contributed by atoms with Crippen LogP contribution >= 0.6 is 0 Å². The van der Waals surface area contributed by atoms with E-state index in [2.05, 4.69) is 5.32 Å². The van der Waals surface area contributed by atoms with Crippen LogP contribution in [0.25, 0.3) is 11.1 Å². The van der Waals surface area contributed by atoms with Crippen LogP contribution in [0.1, 0.15) is 28.8 Å². The first-order valence-corrected chi connectivity index (χ1v) is 10.7. The predicted molar refractivity (Wildman–Crippen MR) is 128 cm³/mol. The zero-order valence-corrected chi connectivity index (χ0v) is 18.5. The zero-order valence-electron chi connectivity index (χ0n) is 18.5. The maximum absolute atomic E-state index is 13.0. The molecule has 3 rings (SSSR count). The third kappa shape index (κ3) is 6.82. The highest BCUT2D eigenvalue weighted by Crippen LogP contribution is 2.25. The molecule has 3 N–H and O–H groups in total. The third-order valence-electron chi connectivity index (χ3n) is 5.24. The number of ether oxygens (including phenoxy) is 1. The monoisotopic (exact) mass is 448 g/mol. The number of aliphatic hydroxyl groups is 1. The smallest absolute Gasteiger partial charge is 0.335 e. The Morgan fingerprint density at radius 1 is 0.939 bits per heavy atom. The molecule has 0 atom stereocenters. The molecule has 0 radical (unpaired) electrons. The van der Waals surface area contributed by atoms with E-state index in [1.807, 2.05) is 48.5 Å². The third-order valence-corrected chi connectivity index (χ3v) is 5.24. The van der Waals surface area contributed by atoms with Gasteiger partial charge in [-0.05, 0) is 65.9 Å². The molecule has 0 aromatic heterocycles. The summed E-state index contributed by atoms with van der Waals surface area (Å²) < 4.78 is 5.28. The number of urea groups is 1. The van der Waals surface area contributed by atoms with Gasteiger partial charge >= 0.3 is 12.0 Å². The number of aliphatic hydroxyl groups excluding tert-OH is 1. The van der Waals surface area contributed by atoms with Gasteiger partial charge in [0.15, 0.2) is 0 Å². The fourth-order valence-electron chi connectivity index (χ4n) is 3.39. The van der Waals surface area contributed by atoms with Crippen LogP contribution in [0.2, 0.25) is 0 Å². The van der Waals surface area contributed by atoms with Crippen molar-refractivity contribution < 1.29 is 24.5 Å². The maximum Gasteiger partial charge on any atom is 0.335 e. The van der Waals surface area contributed by atoms with Crippen molar-refractivity contribution in [2.75, 3.05) is 25.6 Å². The molecule has 3 aromatic rings. The highest BCUT2D eigenvalue weighted by Gasteiger charge is 2.15. The van der Waals surface area contributed by atoms with E-state index in [-0.39, 0.29) is 18.2 Å². The van der Waals surface area contributed by atoms with Crippen molar-refractivity contribution in [2.24, 2.45) is 0 Å². The lowest BCUT2D eigenvalue weighted by atomic mass is 10.1. The first-order valence-electron chi connectivity index (χ1n) is 10.7. The lowest BCUT2D eigenvalue weighted by Crippen LogP contribution is -2.35. The van der Waals surface area contributed by atoms with Crippen LogP contribution in [0.15, 0.2) is 72.8 Å². The fourth-order valence-corrected chi connectivity index (χ4v) is 3.39. The van der Waals surface area contributed by atoms with E-state index in [1.165, 1.54) is 12.1 Å². The maximum atomic E-state index is 13.0. The average molecular weight is 449 g/mol. The van der Waals surface area contributed by atoms with Gasteiger partial charge in [0.25, 0.3) is 0 Å². The number of benzene rings is 3. The molecule has 7 nitrogen and oxygen atoms in total. The van der Waals surface area contributed by atoms with Gasteiger partial charge in [0.05, 0.1) is 12.7 Å². The summed E-state index contributed by atoms with van der Waals surface area (Å²) in [4.78, 5) is 25.7. The Morgan fingerprint density at radius 3 is 2.30 bits per heavy atom. The van der Waals surface area contributed by atoms with Crippen LogP contribution in [-0.4, -0.2) is 47.4 Å². The van der Waals surface area contributed by atoms with E-state index in [0.717, 1.165) is 22.4 Å². The topological polar surface area (TPSA) is 99.1 Å². The van der Waals surface area contributed by atoms with Crippen LogP contribution in [0.5, 0.6) is 5.75 Å². The largest absolute Gasteiger partial charge is 0.497 e. The summed E-state index contributed by atoms with van der Waals surface area (Å²) in [7, 11) is 1.63. The van der Waals surface area contributed by atoms with E-state index >= 15 is 0 Å². The number of nitrogens with zero attached hydrogens (tertiary/aromatic N) is 1. The Bertz CT molecular complexity index is 1060. The minimum atomic E-state index is -0.989. The Morgan fingerprint density at radius 2 is 1.67 bits per heavy atom. The number of anilines is 1. The molecule has 0 heterocycles. The summed E-state index contributed by atoms with van der Waals surface area (Å²) in [6, 6.07) is 21.5. The van der Waals surface area contributed by atoms with Gasteiger partial charge in [0.2, 0.25) is 0 Å². The molecule has 0 unspecified atom stereocenters. The highest BCUT2D eigenvalue weighted by atomic mass is 16.5. The van der Waals surface area contributed by atoms with Crippen LogP contribution in [0.4, 0.5) is 10.5 Å². The fraction of sp³-hybridized carbons (Fsp3) is 0.231. The zero-order chi connectivity index (χ0) is 23.6. The van der Waals surface area contributed by atoms with Crippen molar-refractivity contribution in [3.05, 3.63) is 83.9 Å². The second-order valence-corrected chi connectivity index (χ2v) is 7.59. The molecule has 0 saturated carbocycles. The molecule has 0 fully saturated rings. The number of carbonyl (C=O) groups excluding carboxylic acids is 1. The van der Waals surface area contributed by atoms with Crippen molar-refractivity contribution in [3.8, 4) is 16.9 Å². The molecule has 172 valence electrons. The van der Waals surface area contributed by atoms with Crippen LogP contribution < -0.4 is 10.1 Å². The highest BCUT2D eigenvalue weighted by molar-refractivity contribution is 5.90. The summed E-state index contributed by atoms with van der Waals surface area (Å²) in [5.74, 6) is -0.212. The average Bonchev–Trinajstić information content (AvgIpc) is 2.84. The summed E-state index contributed by atoms with van der Waals surface area (Å²) in [5.41, 5.74) is 3.71. The number of carboxylic acids is 1. The van der Waals surface area contributed by atoms with Gasteiger partial charge in [-0.2, -0.15) is 0 Å². The Kier molecular flexibility index (Phi) is 8.43. The molecule has 0 bridgehead atoms. The SMILES string of the molecule is COc1cccc(-c2ccc(NC(=O)N(CCCCO)Cc3ccc(C(=O)O)cc3)cc2)c1. The molecule has 0 aliphatic heterocycles. The van der Waals surface area contributed by atoms with Crippen molar-refractivity contribution in [2.45, 2.75) is 19.4 Å². The number of unbranched alkanes of at least 4 members (excludes halogenated alkanes) is 1. The normalized spacial score (nSPS) is 10.5. The summed E-state index contributed by atoms with van der Waals surface area (Å²) in [6.45, 7) is 0.864. The van der Waals surface area contributed by atoms with Gasteiger partial charge in [-0.25, -0.2) is 9.59 Å². The molecule has 2 amide bonds. The molecule has 7 heteroatoms. The summed E-state index contributed by atoms with van der Waals surface area (Å²) >= 11 is 0. The minimum absolute atomic E-state index is 0.0640.